The molecule has 1 fully saturated rings. The smallest absolute Gasteiger partial charge is 0.191 e. The summed E-state index contributed by atoms with van der Waals surface area (Å²) in [5.41, 5.74) is 1.13. The number of morpholine rings is 1. The van der Waals surface area contributed by atoms with E-state index in [9.17, 15) is 0 Å². The Bertz CT molecular complexity index is 669. The summed E-state index contributed by atoms with van der Waals surface area (Å²) in [7, 11) is 3.72. The molecular formula is C17H27IN6OS. The molecule has 7 nitrogen and oxygen atoms in total. The molecule has 3 rings (SSSR count). The molecule has 2 aromatic heterocycles. The van der Waals surface area contributed by atoms with Gasteiger partial charge in [0.05, 0.1) is 25.5 Å². The summed E-state index contributed by atoms with van der Waals surface area (Å²) in [5.74, 6) is 0.804. The zero-order valence-corrected chi connectivity index (χ0v) is 18.4. The number of aryl methyl sites for hydroxylation is 1. The van der Waals surface area contributed by atoms with Crippen molar-refractivity contribution >= 4 is 41.3 Å². The highest BCUT2D eigenvalue weighted by Gasteiger charge is 2.23. The van der Waals surface area contributed by atoms with Crippen LogP contribution in [0.4, 0.5) is 0 Å². The van der Waals surface area contributed by atoms with Crippen LogP contribution in [0.1, 0.15) is 16.5 Å². The summed E-state index contributed by atoms with van der Waals surface area (Å²) in [4.78, 5) is 8.19. The Kier molecular flexibility index (Phi) is 8.82. The number of hydrogen-bond acceptors (Lipinski definition) is 5. The van der Waals surface area contributed by atoms with Crippen LogP contribution in [0, 0.1) is 0 Å². The first-order valence-electron chi connectivity index (χ1n) is 8.53. The van der Waals surface area contributed by atoms with Crippen LogP contribution >= 0.6 is 35.3 Å². The van der Waals surface area contributed by atoms with Gasteiger partial charge in [-0.3, -0.25) is 14.6 Å². The number of guanidine groups is 1. The van der Waals surface area contributed by atoms with Crippen LogP contribution in [-0.2, 0) is 18.3 Å². The molecule has 1 unspecified atom stereocenters. The highest BCUT2D eigenvalue weighted by molar-refractivity contribution is 14.0. The average molecular weight is 490 g/mol. The monoisotopic (exact) mass is 490 g/mol. The first-order chi connectivity index (χ1) is 12.3. The minimum Gasteiger partial charge on any atom is -0.379 e. The largest absolute Gasteiger partial charge is 0.379 e. The van der Waals surface area contributed by atoms with Gasteiger partial charge >= 0.3 is 0 Å². The minimum absolute atomic E-state index is 0. The highest BCUT2D eigenvalue weighted by Crippen LogP contribution is 2.25. The molecule has 0 aromatic carbocycles. The molecule has 0 aliphatic carbocycles. The van der Waals surface area contributed by atoms with Crippen molar-refractivity contribution in [2.75, 3.05) is 39.9 Å². The van der Waals surface area contributed by atoms with Crippen LogP contribution in [0.25, 0.3) is 0 Å². The van der Waals surface area contributed by atoms with Crippen LogP contribution in [0.3, 0.4) is 0 Å². The fraction of sp³-hybridized carbons (Fsp3) is 0.529. The van der Waals surface area contributed by atoms with Crippen LogP contribution in [-0.4, -0.2) is 60.5 Å². The molecule has 3 heterocycles. The SMILES string of the molecule is CN=C(NCc1cnn(C)c1)NCC(c1cccs1)N1CCOCC1.I. The maximum atomic E-state index is 5.50. The topological polar surface area (TPSA) is 66.7 Å². The predicted octanol–water partition coefficient (Wildman–Crippen LogP) is 1.84. The molecule has 0 spiro atoms. The van der Waals surface area contributed by atoms with E-state index < -0.39 is 0 Å². The zero-order valence-electron chi connectivity index (χ0n) is 15.2. The highest BCUT2D eigenvalue weighted by atomic mass is 127. The lowest BCUT2D eigenvalue weighted by Gasteiger charge is -2.34. The van der Waals surface area contributed by atoms with Gasteiger partial charge in [0.25, 0.3) is 0 Å². The van der Waals surface area contributed by atoms with Crippen LogP contribution in [0.5, 0.6) is 0 Å². The van der Waals surface area contributed by atoms with Crippen molar-refractivity contribution in [3.05, 3.63) is 40.3 Å². The minimum atomic E-state index is 0. The second-order valence-electron chi connectivity index (χ2n) is 6.01. The van der Waals surface area contributed by atoms with E-state index in [0.29, 0.717) is 12.6 Å². The second-order valence-corrected chi connectivity index (χ2v) is 6.99. The van der Waals surface area contributed by atoms with Gasteiger partial charge < -0.3 is 15.4 Å². The lowest BCUT2D eigenvalue weighted by Crippen LogP contribution is -2.46. The standard InChI is InChI=1S/C17H26N6OS.HI/c1-18-17(19-10-14-11-21-22(2)13-14)20-12-15(16-4-3-9-25-16)23-5-7-24-8-6-23;/h3-4,9,11,13,15H,5-8,10,12H2,1-2H3,(H2,18,19,20);1H. The Labute approximate surface area is 175 Å². The van der Waals surface area contributed by atoms with Crippen LogP contribution < -0.4 is 10.6 Å². The number of ether oxygens (including phenoxy) is 1. The Morgan fingerprint density at radius 2 is 2.19 bits per heavy atom. The lowest BCUT2D eigenvalue weighted by molar-refractivity contribution is 0.0177. The molecule has 1 saturated heterocycles. The molecule has 1 atom stereocenters. The zero-order chi connectivity index (χ0) is 17.5. The number of rotatable bonds is 6. The first-order valence-corrected chi connectivity index (χ1v) is 9.41. The van der Waals surface area contributed by atoms with Crippen molar-refractivity contribution in [2.45, 2.75) is 12.6 Å². The number of halogens is 1. The van der Waals surface area contributed by atoms with Gasteiger partial charge in [-0.15, -0.1) is 35.3 Å². The van der Waals surface area contributed by atoms with E-state index in [1.807, 2.05) is 19.4 Å². The maximum Gasteiger partial charge on any atom is 0.191 e. The Balaban J connectivity index is 0.00000243. The Morgan fingerprint density at radius 3 is 2.81 bits per heavy atom. The average Bonchev–Trinajstić information content (AvgIpc) is 3.31. The van der Waals surface area contributed by atoms with E-state index >= 15 is 0 Å². The number of aromatic nitrogens is 2. The second kappa shape index (κ2) is 10.9. The molecule has 0 radical (unpaired) electrons. The number of aliphatic imine (C=N–C) groups is 1. The van der Waals surface area contributed by atoms with Crippen LogP contribution in [0.2, 0.25) is 0 Å². The summed E-state index contributed by atoms with van der Waals surface area (Å²) < 4.78 is 7.30. The summed E-state index contributed by atoms with van der Waals surface area (Å²) in [6.07, 6.45) is 3.87. The third kappa shape index (κ3) is 5.93. The van der Waals surface area contributed by atoms with Crippen molar-refractivity contribution in [1.82, 2.24) is 25.3 Å². The van der Waals surface area contributed by atoms with Gasteiger partial charge in [-0.25, -0.2) is 0 Å². The molecule has 0 amide bonds. The quantitative estimate of drug-likeness (QED) is 0.368. The fourth-order valence-corrected chi connectivity index (χ4v) is 3.80. The third-order valence-corrected chi connectivity index (χ3v) is 5.24. The van der Waals surface area contributed by atoms with Crippen molar-refractivity contribution in [2.24, 2.45) is 12.0 Å². The van der Waals surface area contributed by atoms with Gasteiger partial charge in [0.2, 0.25) is 0 Å². The third-order valence-electron chi connectivity index (χ3n) is 4.26. The van der Waals surface area contributed by atoms with Crippen molar-refractivity contribution in [3.63, 3.8) is 0 Å². The Hall–Kier alpha value is -1.17. The molecule has 9 heteroatoms. The maximum absolute atomic E-state index is 5.50. The van der Waals surface area contributed by atoms with E-state index in [1.54, 1.807) is 23.1 Å². The molecule has 26 heavy (non-hydrogen) atoms. The predicted molar refractivity (Wildman–Crippen MR) is 116 cm³/mol. The fourth-order valence-electron chi connectivity index (χ4n) is 2.94. The number of nitrogens with zero attached hydrogens (tertiary/aromatic N) is 4. The summed E-state index contributed by atoms with van der Waals surface area (Å²) in [5, 5.41) is 13.1. The van der Waals surface area contributed by atoms with E-state index in [4.69, 9.17) is 4.74 Å². The first kappa shape index (κ1) is 21.1. The molecule has 144 valence electrons. The van der Waals surface area contributed by atoms with Crippen molar-refractivity contribution in [1.29, 1.82) is 0 Å². The van der Waals surface area contributed by atoms with E-state index in [2.05, 4.69) is 43.1 Å². The summed E-state index contributed by atoms with van der Waals surface area (Å²) >= 11 is 1.80. The van der Waals surface area contributed by atoms with E-state index in [0.717, 1.165) is 44.4 Å². The normalized spacial score (nSPS) is 16.8. The molecule has 0 saturated carbocycles. The van der Waals surface area contributed by atoms with Crippen molar-refractivity contribution < 1.29 is 4.74 Å². The van der Waals surface area contributed by atoms with Gasteiger partial charge in [-0.2, -0.15) is 5.10 Å². The number of hydrogen-bond donors (Lipinski definition) is 2. The molecule has 1 aliphatic heterocycles. The van der Waals surface area contributed by atoms with Gasteiger partial charge in [-0.05, 0) is 11.4 Å². The van der Waals surface area contributed by atoms with Crippen LogP contribution in [0.15, 0.2) is 34.9 Å². The van der Waals surface area contributed by atoms with E-state index in [-0.39, 0.29) is 24.0 Å². The molecular weight excluding hydrogens is 463 g/mol. The van der Waals surface area contributed by atoms with Gasteiger partial charge in [-0.1, -0.05) is 6.07 Å². The number of thiophene rings is 1. The summed E-state index contributed by atoms with van der Waals surface area (Å²) in [6, 6.07) is 4.65. The van der Waals surface area contributed by atoms with Gasteiger partial charge in [0, 0.05) is 56.9 Å². The molecule has 1 aliphatic rings. The van der Waals surface area contributed by atoms with E-state index in [1.165, 1.54) is 4.88 Å². The Morgan fingerprint density at radius 1 is 1.38 bits per heavy atom. The summed E-state index contributed by atoms with van der Waals surface area (Å²) in [6.45, 7) is 5.05. The van der Waals surface area contributed by atoms with Gasteiger partial charge in [0.1, 0.15) is 0 Å². The van der Waals surface area contributed by atoms with Crippen molar-refractivity contribution in [3.8, 4) is 0 Å². The van der Waals surface area contributed by atoms with Gasteiger partial charge in [0.15, 0.2) is 5.96 Å². The lowest BCUT2D eigenvalue weighted by atomic mass is 10.2. The molecule has 0 bridgehead atoms. The molecule has 2 N–H and O–H groups in total. The number of nitrogens with one attached hydrogen (secondary N) is 2. The molecule has 2 aromatic rings.